The molecule has 1 heterocycles. The van der Waals surface area contributed by atoms with E-state index in [1.807, 2.05) is 24.3 Å². The first-order valence-corrected chi connectivity index (χ1v) is 7.89. The molecule has 21 heavy (non-hydrogen) atoms. The summed E-state index contributed by atoms with van der Waals surface area (Å²) in [7, 11) is 0. The molecule has 4 nitrogen and oxygen atoms in total. The van der Waals surface area contributed by atoms with E-state index >= 15 is 0 Å². The number of morpholine rings is 1. The Labute approximate surface area is 131 Å². The van der Waals surface area contributed by atoms with Crippen LogP contribution in [0.1, 0.15) is 18.9 Å². The van der Waals surface area contributed by atoms with Gasteiger partial charge in [0.1, 0.15) is 0 Å². The molecule has 0 amide bonds. The maximum Gasteiger partial charge on any atom is 0.0900 e. The van der Waals surface area contributed by atoms with Crippen molar-refractivity contribution in [2.24, 2.45) is 0 Å². The van der Waals surface area contributed by atoms with Crippen LogP contribution in [0.15, 0.2) is 24.3 Å². The van der Waals surface area contributed by atoms with Crippen molar-refractivity contribution in [3.05, 3.63) is 34.9 Å². The molecule has 2 atom stereocenters. The van der Waals surface area contributed by atoms with Crippen molar-refractivity contribution >= 4 is 11.6 Å². The summed E-state index contributed by atoms with van der Waals surface area (Å²) < 4.78 is 11.0. The summed E-state index contributed by atoms with van der Waals surface area (Å²) in [6.07, 6.45) is 0.572. The Morgan fingerprint density at radius 2 is 2.19 bits per heavy atom. The molecular weight excluding hydrogens is 290 g/mol. The van der Waals surface area contributed by atoms with Crippen molar-refractivity contribution in [2.45, 2.75) is 32.1 Å². The second-order valence-electron chi connectivity index (χ2n) is 5.43. The van der Waals surface area contributed by atoms with E-state index in [1.54, 1.807) is 0 Å². The van der Waals surface area contributed by atoms with E-state index in [-0.39, 0.29) is 0 Å². The van der Waals surface area contributed by atoms with E-state index in [1.165, 1.54) is 0 Å². The summed E-state index contributed by atoms with van der Waals surface area (Å²) in [4.78, 5) is 2.29. The van der Waals surface area contributed by atoms with Crippen LogP contribution in [-0.2, 0) is 16.1 Å². The molecule has 1 aliphatic rings. The minimum Gasteiger partial charge on any atom is -0.389 e. The van der Waals surface area contributed by atoms with E-state index in [9.17, 15) is 5.11 Å². The van der Waals surface area contributed by atoms with Gasteiger partial charge in [0, 0.05) is 24.2 Å². The van der Waals surface area contributed by atoms with E-state index < -0.39 is 6.10 Å². The molecule has 0 bridgehead atoms. The van der Waals surface area contributed by atoms with E-state index in [0.717, 1.165) is 36.8 Å². The third kappa shape index (κ3) is 5.57. The van der Waals surface area contributed by atoms with Crippen LogP contribution < -0.4 is 0 Å². The van der Waals surface area contributed by atoms with Crippen LogP contribution in [0, 0.1) is 0 Å². The van der Waals surface area contributed by atoms with Crippen LogP contribution in [0.3, 0.4) is 0 Å². The molecule has 1 N–H and O–H groups in total. The average Bonchev–Trinajstić information content (AvgIpc) is 2.50. The molecule has 0 radical (unpaired) electrons. The lowest BCUT2D eigenvalue weighted by Crippen LogP contribution is -2.48. The van der Waals surface area contributed by atoms with Gasteiger partial charge in [-0.1, -0.05) is 30.7 Å². The van der Waals surface area contributed by atoms with Gasteiger partial charge in [0.2, 0.25) is 0 Å². The molecule has 0 spiro atoms. The number of β-amino-alcohol motifs (C(OH)–C–C–N with tert-alkyl or cyclic N) is 1. The van der Waals surface area contributed by atoms with Gasteiger partial charge in [-0.3, -0.25) is 4.90 Å². The highest BCUT2D eigenvalue weighted by atomic mass is 35.5. The number of benzene rings is 1. The fourth-order valence-electron chi connectivity index (χ4n) is 2.52. The van der Waals surface area contributed by atoms with Gasteiger partial charge in [-0.25, -0.2) is 0 Å². The number of rotatable bonds is 7. The van der Waals surface area contributed by atoms with Gasteiger partial charge >= 0.3 is 0 Å². The molecule has 2 unspecified atom stereocenters. The van der Waals surface area contributed by atoms with Crippen LogP contribution in [0.5, 0.6) is 0 Å². The molecule has 1 aromatic rings. The molecular formula is C16H24ClNO3. The molecule has 1 fully saturated rings. The predicted octanol–water partition coefficient (Wildman–Crippen LogP) is 2.33. The monoisotopic (exact) mass is 313 g/mol. The number of halogens is 1. The minimum atomic E-state index is -0.468. The topological polar surface area (TPSA) is 41.9 Å². The van der Waals surface area contributed by atoms with Gasteiger partial charge in [0.15, 0.2) is 0 Å². The molecule has 5 heteroatoms. The van der Waals surface area contributed by atoms with Crippen LogP contribution in [0.25, 0.3) is 0 Å². The SMILES string of the molecule is CCC1COCCN1CC(O)COCc1ccc(Cl)cc1. The molecule has 118 valence electrons. The smallest absolute Gasteiger partial charge is 0.0900 e. The lowest BCUT2D eigenvalue weighted by Gasteiger charge is -2.36. The van der Waals surface area contributed by atoms with E-state index in [0.29, 0.717) is 25.8 Å². The summed E-state index contributed by atoms with van der Waals surface area (Å²) in [5, 5.41) is 10.8. The third-order valence-corrected chi connectivity index (χ3v) is 4.01. The number of nitrogens with zero attached hydrogens (tertiary/aromatic N) is 1. The Hall–Kier alpha value is -0.650. The Morgan fingerprint density at radius 3 is 2.90 bits per heavy atom. The highest BCUT2D eigenvalue weighted by Crippen LogP contribution is 2.12. The van der Waals surface area contributed by atoms with Gasteiger partial charge in [-0.15, -0.1) is 0 Å². The largest absolute Gasteiger partial charge is 0.389 e. The van der Waals surface area contributed by atoms with Crippen LogP contribution in [-0.4, -0.2) is 55.1 Å². The first-order valence-electron chi connectivity index (χ1n) is 7.51. The number of aliphatic hydroxyl groups is 1. The predicted molar refractivity (Wildman–Crippen MR) is 83.6 cm³/mol. The van der Waals surface area contributed by atoms with Crippen molar-refractivity contribution in [1.82, 2.24) is 4.90 Å². The first-order chi connectivity index (χ1) is 10.2. The van der Waals surface area contributed by atoms with Crippen molar-refractivity contribution in [3.8, 4) is 0 Å². The zero-order valence-corrected chi connectivity index (χ0v) is 13.3. The van der Waals surface area contributed by atoms with Crippen molar-refractivity contribution in [1.29, 1.82) is 0 Å². The zero-order chi connectivity index (χ0) is 15.1. The van der Waals surface area contributed by atoms with Crippen LogP contribution >= 0.6 is 11.6 Å². The van der Waals surface area contributed by atoms with Crippen LogP contribution in [0.2, 0.25) is 5.02 Å². The molecule has 0 aromatic heterocycles. The molecule has 2 rings (SSSR count). The van der Waals surface area contributed by atoms with Gasteiger partial charge in [-0.05, 0) is 24.1 Å². The summed E-state index contributed by atoms with van der Waals surface area (Å²) in [5.41, 5.74) is 1.06. The Bertz CT molecular complexity index is 412. The second kappa shape index (κ2) is 8.71. The van der Waals surface area contributed by atoms with Gasteiger partial charge < -0.3 is 14.6 Å². The Kier molecular flexibility index (Phi) is 6.93. The maximum absolute atomic E-state index is 10.1. The molecule has 1 aromatic carbocycles. The van der Waals surface area contributed by atoms with E-state index in [4.69, 9.17) is 21.1 Å². The first kappa shape index (κ1) is 16.7. The Balaban J connectivity index is 1.69. The normalized spacial score (nSPS) is 21.4. The number of hydrogen-bond acceptors (Lipinski definition) is 4. The fraction of sp³-hybridized carbons (Fsp3) is 0.625. The van der Waals surface area contributed by atoms with Crippen molar-refractivity contribution in [3.63, 3.8) is 0 Å². The fourth-order valence-corrected chi connectivity index (χ4v) is 2.65. The summed E-state index contributed by atoms with van der Waals surface area (Å²) in [6, 6.07) is 7.96. The molecule has 0 saturated carbocycles. The van der Waals surface area contributed by atoms with Gasteiger partial charge in [-0.2, -0.15) is 0 Å². The highest BCUT2D eigenvalue weighted by Gasteiger charge is 2.23. The quantitative estimate of drug-likeness (QED) is 0.839. The molecule has 1 aliphatic heterocycles. The minimum absolute atomic E-state index is 0.344. The molecule has 1 saturated heterocycles. The Morgan fingerprint density at radius 1 is 1.43 bits per heavy atom. The average molecular weight is 314 g/mol. The number of aliphatic hydroxyl groups excluding tert-OH is 1. The van der Waals surface area contributed by atoms with Gasteiger partial charge in [0.25, 0.3) is 0 Å². The van der Waals surface area contributed by atoms with Crippen molar-refractivity contribution in [2.75, 3.05) is 32.9 Å². The highest BCUT2D eigenvalue weighted by molar-refractivity contribution is 6.30. The lowest BCUT2D eigenvalue weighted by molar-refractivity contribution is -0.0453. The molecule has 0 aliphatic carbocycles. The number of hydrogen-bond donors (Lipinski definition) is 1. The van der Waals surface area contributed by atoms with Crippen LogP contribution in [0.4, 0.5) is 0 Å². The summed E-state index contributed by atoms with van der Waals surface area (Å²) in [6.45, 7) is 6.01. The zero-order valence-electron chi connectivity index (χ0n) is 12.5. The van der Waals surface area contributed by atoms with Crippen molar-refractivity contribution < 1.29 is 14.6 Å². The second-order valence-corrected chi connectivity index (χ2v) is 5.86. The lowest BCUT2D eigenvalue weighted by atomic mass is 10.1. The number of ether oxygens (including phenoxy) is 2. The standard InChI is InChI=1S/C16H24ClNO3/c1-2-15-11-20-8-7-18(15)9-16(19)12-21-10-13-3-5-14(17)6-4-13/h3-6,15-16,19H,2,7-12H2,1H3. The summed E-state index contributed by atoms with van der Waals surface area (Å²) >= 11 is 5.84. The third-order valence-electron chi connectivity index (χ3n) is 3.76. The van der Waals surface area contributed by atoms with E-state index in [2.05, 4.69) is 11.8 Å². The summed E-state index contributed by atoms with van der Waals surface area (Å²) in [5.74, 6) is 0. The van der Waals surface area contributed by atoms with Gasteiger partial charge in [0.05, 0.1) is 32.5 Å². The maximum atomic E-state index is 10.1.